The molecule has 0 amide bonds. The Labute approximate surface area is 124 Å². The monoisotopic (exact) mass is 295 g/mol. The first kappa shape index (κ1) is 14.8. The Hall–Kier alpha value is -1.17. The number of rotatable bonds is 5. The van der Waals surface area contributed by atoms with Gasteiger partial charge in [0.25, 0.3) is 0 Å². The molecule has 0 aromatic heterocycles. The lowest BCUT2D eigenvalue weighted by Crippen LogP contribution is -2.43. The summed E-state index contributed by atoms with van der Waals surface area (Å²) in [5.41, 5.74) is -0.0892. The van der Waals surface area contributed by atoms with Gasteiger partial charge in [0.15, 0.2) is 0 Å². The van der Waals surface area contributed by atoms with Crippen LogP contribution in [0.4, 0.5) is 4.39 Å². The summed E-state index contributed by atoms with van der Waals surface area (Å²) < 4.78 is 24.0. The number of fused-ring (bicyclic) bond motifs is 1. The summed E-state index contributed by atoms with van der Waals surface area (Å²) in [5, 5.41) is 9.73. The standard InChI is InChI=1S/C16H22FNO3/c17-14-1-3-15(4-2-14)21-8-6-18-9-13-5-7-20-12-16(13,10-18)11-19/h1-4,13,19H,5-12H2/t13-,16+/m0/s1. The molecule has 0 unspecified atom stereocenters. The minimum absolute atomic E-state index is 0.0892. The fraction of sp³-hybridized carbons (Fsp3) is 0.625. The molecule has 0 radical (unpaired) electrons. The van der Waals surface area contributed by atoms with Crippen LogP contribution in [-0.4, -0.2) is 56.1 Å². The maximum atomic E-state index is 12.8. The van der Waals surface area contributed by atoms with Gasteiger partial charge < -0.3 is 14.6 Å². The zero-order valence-electron chi connectivity index (χ0n) is 12.1. The van der Waals surface area contributed by atoms with Gasteiger partial charge in [0.05, 0.1) is 13.2 Å². The molecule has 1 aromatic rings. The number of hydrogen-bond donors (Lipinski definition) is 1. The topological polar surface area (TPSA) is 41.9 Å². The van der Waals surface area contributed by atoms with Crippen molar-refractivity contribution in [3.05, 3.63) is 30.1 Å². The van der Waals surface area contributed by atoms with Crippen molar-refractivity contribution < 1.29 is 19.0 Å². The van der Waals surface area contributed by atoms with Crippen molar-refractivity contribution in [1.29, 1.82) is 0 Å². The molecule has 2 aliphatic rings. The van der Waals surface area contributed by atoms with Crippen molar-refractivity contribution in [1.82, 2.24) is 4.90 Å². The average molecular weight is 295 g/mol. The van der Waals surface area contributed by atoms with Crippen LogP contribution in [0.15, 0.2) is 24.3 Å². The van der Waals surface area contributed by atoms with Crippen LogP contribution in [0.1, 0.15) is 6.42 Å². The second kappa shape index (κ2) is 6.30. The van der Waals surface area contributed by atoms with E-state index in [-0.39, 0.29) is 17.8 Å². The number of aliphatic hydroxyl groups is 1. The summed E-state index contributed by atoms with van der Waals surface area (Å²) in [4.78, 5) is 2.33. The number of nitrogens with zero attached hydrogens (tertiary/aromatic N) is 1. The van der Waals surface area contributed by atoms with Gasteiger partial charge in [-0.05, 0) is 36.6 Å². The highest BCUT2D eigenvalue weighted by Gasteiger charge is 2.47. The van der Waals surface area contributed by atoms with E-state index >= 15 is 0 Å². The van der Waals surface area contributed by atoms with E-state index in [9.17, 15) is 9.50 Å². The number of benzene rings is 1. The molecule has 2 atom stereocenters. The van der Waals surface area contributed by atoms with Gasteiger partial charge in [0.2, 0.25) is 0 Å². The predicted octanol–water partition coefficient (Wildman–Crippen LogP) is 1.54. The van der Waals surface area contributed by atoms with Crippen molar-refractivity contribution in [3.63, 3.8) is 0 Å². The van der Waals surface area contributed by atoms with Crippen LogP contribution < -0.4 is 4.74 Å². The van der Waals surface area contributed by atoms with Crippen LogP contribution in [-0.2, 0) is 4.74 Å². The molecule has 1 N–H and O–H groups in total. The van der Waals surface area contributed by atoms with Crippen LogP contribution >= 0.6 is 0 Å². The average Bonchev–Trinajstić information content (AvgIpc) is 2.88. The molecular formula is C16H22FNO3. The fourth-order valence-corrected chi connectivity index (χ4v) is 3.42. The van der Waals surface area contributed by atoms with Crippen molar-refractivity contribution in [2.45, 2.75) is 6.42 Å². The van der Waals surface area contributed by atoms with E-state index in [4.69, 9.17) is 9.47 Å². The normalized spacial score (nSPS) is 29.3. The highest BCUT2D eigenvalue weighted by molar-refractivity contribution is 5.22. The Kier molecular flexibility index (Phi) is 4.42. The lowest BCUT2D eigenvalue weighted by Gasteiger charge is -2.36. The van der Waals surface area contributed by atoms with Gasteiger partial charge in [-0.15, -0.1) is 0 Å². The Morgan fingerprint density at radius 3 is 2.90 bits per heavy atom. The molecule has 4 nitrogen and oxygen atoms in total. The number of hydrogen-bond acceptors (Lipinski definition) is 4. The van der Waals surface area contributed by atoms with Gasteiger partial charge in [0, 0.05) is 31.7 Å². The summed E-state index contributed by atoms with van der Waals surface area (Å²) in [6.07, 6.45) is 1.02. The van der Waals surface area contributed by atoms with Crippen LogP contribution in [0.3, 0.4) is 0 Å². The molecule has 1 aromatic carbocycles. The van der Waals surface area contributed by atoms with Gasteiger partial charge >= 0.3 is 0 Å². The molecule has 0 spiro atoms. The van der Waals surface area contributed by atoms with Gasteiger partial charge in [-0.3, -0.25) is 4.90 Å². The van der Waals surface area contributed by atoms with Crippen molar-refractivity contribution in [2.24, 2.45) is 11.3 Å². The zero-order chi connectivity index (χ0) is 14.7. The first-order chi connectivity index (χ1) is 10.2. The van der Waals surface area contributed by atoms with Crippen molar-refractivity contribution >= 4 is 0 Å². The van der Waals surface area contributed by atoms with E-state index in [1.807, 2.05) is 0 Å². The third-order valence-electron chi connectivity index (χ3n) is 4.69. The third kappa shape index (κ3) is 3.20. The molecule has 3 rings (SSSR count). The summed E-state index contributed by atoms with van der Waals surface area (Å²) in [6, 6.07) is 6.08. The Bertz CT molecular complexity index is 467. The maximum absolute atomic E-state index is 12.8. The second-order valence-electron chi connectivity index (χ2n) is 6.10. The lowest BCUT2D eigenvalue weighted by molar-refractivity contribution is -0.0561. The van der Waals surface area contributed by atoms with Crippen molar-refractivity contribution in [2.75, 3.05) is 46.1 Å². The minimum atomic E-state index is -0.254. The minimum Gasteiger partial charge on any atom is -0.492 e. The molecule has 2 aliphatic heterocycles. The van der Waals surface area contributed by atoms with Crippen LogP contribution in [0, 0.1) is 17.2 Å². The third-order valence-corrected chi connectivity index (χ3v) is 4.69. The highest BCUT2D eigenvalue weighted by Crippen LogP contribution is 2.40. The van der Waals surface area contributed by atoms with E-state index in [1.165, 1.54) is 12.1 Å². The molecule has 2 fully saturated rings. The molecule has 2 saturated heterocycles. The lowest BCUT2D eigenvalue weighted by atomic mass is 9.76. The van der Waals surface area contributed by atoms with Gasteiger partial charge in [-0.2, -0.15) is 0 Å². The van der Waals surface area contributed by atoms with Crippen LogP contribution in [0.2, 0.25) is 0 Å². The summed E-state index contributed by atoms with van der Waals surface area (Å²) in [6.45, 7) is 4.89. The molecule has 5 heteroatoms. The van der Waals surface area contributed by atoms with Crippen LogP contribution in [0.5, 0.6) is 5.75 Å². The van der Waals surface area contributed by atoms with E-state index in [1.54, 1.807) is 12.1 Å². The predicted molar refractivity (Wildman–Crippen MR) is 76.8 cm³/mol. The van der Waals surface area contributed by atoms with E-state index < -0.39 is 0 Å². The maximum Gasteiger partial charge on any atom is 0.123 e. The fourth-order valence-electron chi connectivity index (χ4n) is 3.42. The smallest absolute Gasteiger partial charge is 0.123 e. The first-order valence-corrected chi connectivity index (χ1v) is 7.51. The summed E-state index contributed by atoms with van der Waals surface area (Å²) >= 11 is 0. The van der Waals surface area contributed by atoms with E-state index in [0.29, 0.717) is 24.9 Å². The second-order valence-corrected chi connectivity index (χ2v) is 6.10. The largest absolute Gasteiger partial charge is 0.492 e. The Morgan fingerprint density at radius 1 is 1.38 bits per heavy atom. The van der Waals surface area contributed by atoms with E-state index in [0.717, 1.165) is 32.7 Å². The molecule has 0 saturated carbocycles. The zero-order valence-corrected chi connectivity index (χ0v) is 12.1. The van der Waals surface area contributed by atoms with Gasteiger partial charge in [-0.25, -0.2) is 4.39 Å². The molecule has 0 bridgehead atoms. The quantitative estimate of drug-likeness (QED) is 0.894. The summed E-state index contributed by atoms with van der Waals surface area (Å²) in [7, 11) is 0. The highest BCUT2D eigenvalue weighted by atomic mass is 19.1. The number of likely N-dealkylation sites (tertiary alicyclic amines) is 1. The Morgan fingerprint density at radius 2 is 2.19 bits per heavy atom. The number of halogens is 1. The molecule has 0 aliphatic carbocycles. The molecule has 116 valence electrons. The van der Waals surface area contributed by atoms with Crippen molar-refractivity contribution in [3.8, 4) is 5.75 Å². The SMILES string of the molecule is OC[C@]12COCC[C@H]1CN(CCOc1ccc(F)cc1)C2. The molecule has 21 heavy (non-hydrogen) atoms. The number of aliphatic hydroxyl groups excluding tert-OH is 1. The first-order valence-electron chi connectivity index (χ1n) is 7.51. The van der Waals surface area contributed by atoms with Gasteiger partial charge in [-0.1, -0.05) is 0 Å². The van der Waals surface area contributed by atoms with E-state index in [2.05, 4.69) is 4.90 Å². The summed E-state index contributed by atoms with van der Waals surface area (Å²) in [5.74, 6) is 0.950. The molecular weight excluding hydrogens is 273 g/mol. The Balaban J connectivity index is 1.49. The van der Waals surface area contributed by atoms with Crippen LogP contribution in [0.25, 0.3) is 0 Å². The van der Waals surface area contributed by atoms with Gasteiger partial charge in [0.1, 0.15) is 18.2 Å². The number of ether oxygens (including phenoxy) is 2. The molecule has 2 heterocycles.